The molecule has 84 valence electrons. The maximum Gasteiger partial charge on any atom is 0.347 e. The summed E-state index contributed by atoms with van der Waals surface area (Å²) in [7, 11) is 0. The Balaban J connectivity index is 2.12. The second-order valence-electron chi connectivity index (χ2n) is 3.31. The summed E-state index contributed by atoms with van der Waals surface area (Å²) in [5.74, 6) is 0.377. The number of hydrogen-bond acceptors (Lipinski definition) is 5. The summed E-state index contributed by atoms with van der Waals surface area (Å²) < 4.78 is 0. The number of aromatic amines is 1. The van der Waals surface area contributed by atoms with Crippen molar-refractivity contribution in [3.05, 3.63) is 52.3 Å². The molecule has 2 rings (SSSR count). The minimum atomic E-state index is -0.540. The van der Waals surface area contributed by atoms with Crippen molar-refractivity contribution in [1.29, 1.82) is 5.26 Å². The number of H-pyrrole nitrogens is 1. The number of aromatic nitrogens is 3. The van der Waals surface area contributed by atoms with Gasteiger partial charge in [-0.05, 0) is 17.7 Å². The van der Waals surface area contributed by atoms with Crippen LogP contribution in [-0.2, 0) is 6.54 Å². The molecule has 0 aliphatic heterocycles. The third kappa shape index (κ3) is 2.89. The lowest BCUT2D eigenvalue weighted by Gasteiger charge is -2.04. The Morgan fingerprint density at radius 1 is 1.41 bits per heavy atom. The average Bonchev–Trinajstić information content (AvgIpc) is 2.37. The van der Waals surface area contributed by atoms with E-state index in [1.165, 1.54) is 6.07 Å². The molecule has 0 unspecified atom stereocenters. The fraction of sp³-hybridized carbons (Fsp3) is 0.0909. The molecule has 0 atom stereocenters. The van der Waals surface area contributed by atoms with Crippen molar-refractivity contribution in [3.63, 3.8) is 0 Å². The summed E-state index contributed by atoms with van der Waals surface area (Å²) in [6.45, 7) is 0.518. The van der Waals surface area contributed by atoms with Gasteiger partial charge < -0.3 is 5.32 Å². The molecule has 2 N–H and O–H groups in total. The van der Waals surface area contributed by atoms with Crippen LogP contribution in [0.2, 0.25) is 0 Å². The van der Waals surface area contributed by atoms with Crippen molar-refractivity contribution in [3.8, 4) is 6.07 Å². The standard InChI is InChI=1S/C11H9N5O/c12-6-9-5-10(16-11(17)15-9)14-7-8-1-3-13-4-2-8/h1-5H,7H2,(H2,14,15,16,17). The average molecular weight is 227 g/mol. The zero-order valence-electron chi connectivity index (χ0n) is 8.84. The monoisotopic (exact) mass is 227 g/mol. The molecule has 2 aromatic heterocycles. The molecule has 17 heavy (non-hydrogen) atoms. The summed E-state index contributed by atoms with van der Waals surface area (Å²) in [6, 6.07) is 7.05. The molecule has 0 radical (unpaired) electrons. The predicted molar refractivity (Wildman–Crippen MR) is 61.1 cm³/mol. The van der Waals surface area contributed by atoms with Gasteiger partial charge in [-0.25, -0.2) is 4.79 Å². The van der Waals surface area contributed by atoms with Crippen molar-refractivity contribution in [2.45, 2.75) is 6.54 Å². The highest BCUT2D eigenvalue weighted by atomic mass is 16.1. The van der Waals surface area contributed by atoms with E-state index in [4.69, 9.17) is 5.26 Å². The first-order chi connectivity index (χ1) is 8.28. The van der Waals surface area contributed by atoms with Crippen LogP contribution >= 0.6 is 0 Å². The number of nitriles is 1. The van der Waals surface area contributed by atoms with Crippen LogP contribution in [0.15, 0.2) is 35.4 Å². The van der Waals surface area contributed by atoms with Crippen molar-refractivity contribution >= 4 is 5.82 Å². The van der Waals surface area contributed by atoms with Gasteiger partial charge in [0.05, 0.1) is 0 Å². The summed E-state index contributed by atoms with van der Waals surface area (Å²) in [6.07, 6.45) is 3.37. The molecule has 0 spiro atoms. The Morgan fingerprint density at radius 3 is 2.88 bits per heavy atom. The highest BCUT2D eigenvalue weighted by Crippen LogP contribution is 2.04. The first-order valence-electron chi connectivity index (χ1n) is 4.92. The summed E-state index contributed by atoms with van der Waals surface area (Å²) in [5.41, 5.74) is 0.657. The van der Waals surface area contributed by atoms with E-state index < -0.39 is 5.69 Å². The molecule has 6 heteroatoms. The molecule has 2 aromatic rings. The molecule has 0 bridgehead atoms. The topological polar surface area (TPSA) is 94.5 Å². The van der Waals surface area contributed by atoms with E-state index in [9.17, 15) is 4.79 Å². The smallest absolute Gasteiger partial charge is 0.347 e. The van der Waals surface area contributed by atoms with Gasteiger partial charge in [0.15, 0.2) is 0 Å². The van der Waals surface area contributed by atoms with E-state index in [0.29, 0.717) is 12.4 Å². The lowest BCUT2D eigenvalue weighted by Crippen LogP contribution is -2.14. The highest BCUT2D eigenvalue weighted by Gasteiger charge is 1.99. The molecule has 0 amide bonds. The first kappa shape index (κ1) is 10.8. The largest absolute Gasteiger partial charge is 0.366 e. The molecule has 0 aliphatic rings. The number of pyridine rings is 1. The Morgan fingerprint density at radius 2 is 2.18 bits per heavy atom. The summed E-state index contributed by atoms with van der Waals surface area (Å²) in [4.78, 5) is 21.0. The van der Waals surface area contributed by atoms with Crippen molar-refractivity contribution < 1.29 is 0 Å². The molecular weight excluding hydrogens is 218 g/mol. The van der Waals surface area contributed by atoms with Crippen LogP contribution in [0.1, 0.15) is 11.3 Å². The quantitative estimate of drug-likeness (QED) is 0.802. The van der Waals surface area contributed by atoms with Crippen LogP contribution < -0.4 is 11.0 Å². The number of nitrogens with zero attached hydrogens (tertiary/aromatic N) is 3. The Hall–Kier alpha value is -2.68. The van der Waals surface area contributed by atoms with Crippen molar-refractivity contribution in [2.24, 2.45) is 0 Å². The second kappa shape index (κ2) is 4.90. The third-order valence-corrected chi connectivity index (χ3v) is 2.09. The molecule has 0 saturated carbocycles. The lowest BCUT2D eigenvalue weighted by atomic mass is 10.3. The minimum Gasteiger partial charge on any atom is -0.366 e. The van der Waals surface area contributed by atoms with Gasteiger partial charge in [-0.2, -0.15) is 10.2 Å². The lowest BCUT2D eigenvalue weighted by molar-refractivity contribution is 1.02. The number of rotatable bonds is 3. The van der Waals surface area contributed by atoms with Crippen molar-refractivity contribution in [1.82, 2.24) is 15.0 Å². The fourth-order valence-corrected chi connectivity index (χ4v) is 1.30. The van der Waals surface area contributed by atoms with E-state index in [0.717, 1.165) is 5.56 Å². The van der Waals surface area contributed by atoms with Gasteiger partial charge in [0, 0.05) is 25.0 Å². The Bertz CT molecular complexity index is 599. The van der Waals surface area contributed by atoms with Crippen molar-refractivity contribution in [2.75, 3.05) is 5.32 Å². The minimum absolute atomic E-state index is 0.183. The molecular formula is C11H9N5O. The maximum absolute atomic E-state index is 11.1. The van der Waals surface area contributed by atoms with Crippen LogP contribution in [0.25, 0.3) is 0 Å². The number of nitrogens with one attached hydrogen (secondary N) is 2. The number of hydrogen-bond donors (Lipinski definition) is 2. The highest BCUT2D eigenvalue weighted by molar-refractivity contribution is 5.39. The van der Waals surface area contributed by atoms with E-state index in [1.54, 1.807) is 12.4 Å². The SMILES string of the molecule is N#Cc1cc(NCc2ccncc2)nc(=O)[nH]1. The van der Waals surface area contributed by atoms with Gasteiger partial charge in [0.25, 0.3) is 0 Å². The van der Waals surface area contributed by atoms with Gasteiger partial charge >= 0.3 is 5.69 Å². The van der Waals surface area contributed by atoms with E-state index in [1.807, 2.05) is 18.2 Å². The van der Waals surface area contributed by atoms with E-state index >= 15 is 0 Å². The Kier molecular flexibility index (Phi) is 3.12. The first-order valence-corrected chi connectivity index (χ1v) is 4.92. The zero-order valence-corrected chi connectivity index (χ0v) is 8.84. The molecule has 6 nitrogen and oxygen atoms in total. The summed E-state index contributed by atoms with van der Waals surface area (Å²) in [5, 5.41) is 11.7. The fourth-order valence-electron chi connectivity index (χ4n) is 1.30. The maximum atomic E-state index is 11.1. The normalized spacial score (nSPS) is 9.59. The summed E-state index contributed by atoms with van der Waals surface area (Å²) >= 11 is 0. The predicted octanol–water partition coefficient (Wildman–Crippen LogP) is 0.649. The molecule has 0 aliphatic carbocycles. The zero-order chi connectivity index (χ0) is 12.1. The molecule has 0 fully saturated rings. The van der Waals surface area contributed by atoms with Gasteiger partial charge in [-0.1, -0.05) is 0 Å². The van der Waals surface area contributed by atoms with Crippen LogP contribution in [-0.4, -0.2) is 15.0 Å². The van der Waals surface area contributed by atoms with Crippen LogP contribution in [0.4, 0.5) is 5.82 Å². The van der Waals surface area contributed by atoms with E-state index in [-0.39, 0.29) is 5.69 Å². The van der Waals surface area contributed by atoms with E-state index in [2.05, 4.69) is 20.3 Å². The second-order valence-corrected chi connectivity index (χ2v) is 3.31. The van der Waals surface area contributed by atoms with Crippen LogP contribution in [0.3, 0.4) is 0 Å². The third-order valence-electron chi connectivity index (χ3n) is 2.09. The van der Waals surface area contributed by atoms with Gasteiger partial charge in [-0.3, -0.25) is 9.97 Å². The van der Waals surface area contributed by atoms with Gasteiger partial charge in [0.1, 0.15) is 17.6 Å². The van der Waals surface area contributed by atoms with Crippen LogP contribution in [0, 0.1) is 11.3 Å². The van der Waals surface area contributed by atoms with Gasteiger partial charge in [-0.15, -0.1) is 0 Å². The van der Waals surface area contributed by atoms with Crippen LogP contribution in [0.5, 0.6) is 0 Å². The molecule has 2 heterocycles. The Labute approximate surface area is 97.0 Å². The number of anilines is 1. The molecule has 0 saturated heterocycles. The van der Waals surface area contributed by atoms with Gasteiger partial charge in [0.2, 0.25) is 0 Å². The molecule has 0 aromatic carbocycles.